The molecular formula is C10H9ClFNO4. The summed E-state index contributed by atoms with van der Waals surface area (Å²) in [6.07, 6.45) is -1.70. The lowest BCUT2D eigenvalue weighted by atomic mass is 10.2. The molecule has 1 aromatic carbocycles. The molecule has 0 aliphatic carbocycles. The van der Waals surface area contributed by atoms with Crippen LogP contribution < -0.4 is 5.32 Å². The molecule has 1 amide bonds. The van der Waals surface area contributed by atoms with Crippen LogP contribution in [-0.4, -0.2) is 34.7 Å². The lowest BCUT2D eigenvalue weighted by Crippen LogP contribution is -2.36. The highest BCUT2D eigenvalue weighted by Crippen LogP contribution is 2.16. The smallest absolute Gasteiger partial charge is 0.334 e. The highest BCUT2D eigenvalue weighted by molar-refractivity contribution is 6.33. The van der Waals surface area contributed by atoms with Crippen LogP contribution in [-0.2, 0) is 4.79 Å². The van der Waals surface area contributed by atoms with E-state index in [2.05, 4.69) is 5.32 Å². The zero-order valence-electron chi connectivity index (χ0n) is 8.48. The van der Waals surface area contributed by atoms with Crippen LogP contribution in [0.25, 0.3) is 0 Å². The van der Waals surface area contributed by atoms with Crippen LogP contribution in [0.4, 0.5) is 4.39 Å². The van der Waals surface area contributed by atoms with Crippen LogP contribution in [0, 0.1) is 5.82 Å². The van der Waals surface area contributed by atoms with Crippen molar-refractivity contribution in [2.45, 2.75) is 6.10 Å². The number of hydrogen-bond acceptors (Lipinski definition) is 3. The van der Waals surface area contributed by atoms with Crippen LogP contribution in [0.1, 0.15) is 10.4 Å². The molecule has 17 heavy (non-hydrogen) atoms. The summed E-state index contributed by atoms with van der Waals surface area (Å²) in [6, 6.07) is 3.18. The van der Waals surface area contributed by atoms with E-state index in [4.69, 9.17) is 21.8 Å². The Balaban J connectivity index is 2.67. The van der Waals surface area contributed by atoms with Crippen LogP contribution in [0.2, 0.25) is 5.02 Å². The van der Waals surface area contributed by atoms with Gasteiger partial charge in [-0.1, -0.05) is 11.6 Å². The first kappa shape index (κ1) is 13.4. The first-order chi connectivity index (χ1) is 7.91. The minimum absolute atomic E-state index is 0.00524. The fraction of sp³-hybridized carbons (Fsp3) is 0.200. The summed E-state index contributed by atoms with van der Waals surface area (Å²) >= 11 is 5.62. The summed E-state index contributed by atoms with van der Waals surface area (Å²) < 4.78 is 12.7. The molecule has 0 aliphatic rings. The number of carboxylic acids is 1. The lowest BCUT2D eigenvalue weighted by molar-refractivity contribution is -0.146. The van der Waals surface area contributed by atoms with Crippen molar-refractivity contribution in [3.63, 3.8) is 0 Å². The highest BCUT2D eigenvalue weighted by Gasteiger charge is 2.16. The van der Waals surface area contributed by atoms with Gasteiger partial charge < -0.3 is 15.5 Å². The zero-order valence-corrected chi connectivity index (χ0v) is 9.24. The molecule has 0 aliphatic heterocycles. The zero-order chi connectivity index (χ0) is 13.0. The van der Waals surface area contributed by atoms with E-state index < -0.39 is 30.3 Å². The highest BCUT2D eigenvalue weighted by atomic mass is 35.5. The summed E-state index contributed by atoms with van der Waals surface area (Å²) in [5.74, 6) is -2.72. The minimum Gasteiger partial charge on any atom is -0.479 e. The molecule has 1 unspecified atom stereocenters. The van der Waals surface area contributed by atoms with Crippen molar-refractivity contribution in [2.24, 2.45) is 0 Å². The third-order valence-electron chi connectivity index (χ3n) is 1.92. The first-order valence-electron chi connectivity index (χ1n) is 4.56. The van der Waals surface area contributed by atoms with Gasteiger partial charge in [-0.05, 0) is 18.2 Å². The molecule has 92 valence electrons. The van der Waals surface area contributed by atoms with E-state index in [1.54, 1.807) is 0 Å². The third kappa shape index (κ3) is 3.69. The van der Waals surface area contributed by atoms with E-state index in [0.717, 1.165) is 12.1 Å². The molecule has 0 heterocycles. The monoisotopic (exact) mass is 261 g/mol. The maximum Gasteiger partial charge on any atom is 0.334 e. The van der Waals surface area contributed by atoms with Crippen molar-refractivity contribution in [3.05, 3.63) is 34.6 Å². The van der Waals surface area contributed by atoms with Gasteiger partial charge >= 0.3 is 5.97 Å². The molecular weight excluding hydrogens is 253 g/mol. The quantitative estimate of drug-likeness (QED) is 0.743. The van der Waals surface area contributed by atoms with Gasteiger partial charge in [0.1, 0.15) is 5.82 Å². The van der Waals surface area contributed by atoms with Gasteiger partial charge in [-0.25, -0.2) is 9.18 Å². The van der Waals surface area contributed by atoms with Gasteiger partial charge in [0.15, 0.2) is 6.10 Å². The van der Waals surface area contributed by atoms with Crippen molar-refractivity contribution in [1.82, 2.24) is 5.32 Å². The molecule has 5 nitrogen and oxygen atoms in total. The van der Waals surface area contributed by atoms with Crippen molar-refractivity contribution < 1.29 is 24.2 Å². The summed E-state index contributed by atoms with van der Waals surface area (Å²) in [5, 5.41) is 19.4. The Morgan fingerprint density at radius 2 is 2.12 bits per heavy atom. The fourth-order valence-corrected chi connectivity index (χ4v) is 1.30. The Labute approximate surface area is 101 Å². The topological polar surface area (TPSA) is 86.6 Å². The van der Waals surface area contributed by atoms with Crippen molar-refractivity contribution in [1.29, 1.82) is 0 Å². The summed E-state index contributed by atoms with van der Waals surface area (Å²) in [5.41, 5.74) is 0.00524. The van der Waals surface area contributed by atoms with Crippen molar-refractivity contribution >= 4 is 23.5 Å². The van der Waals surface area contributed by atoms with Crippen molar-refractivity contribution in [3.8, 4) is 0 Å². The molecule has 0 saturated carbocycles. The minimum atomic E-state index is -1.70. The second kappa shape index (κ2) is 5.60. The molecule has 1 aromatic rings. The number of carboxylic acid groups (broad SMARTS) is 1. The van der Waals surface area contributed by atoms with Gasteiger partial charge in [-0.3, -0.25) is 4.79 Å². The molecule has 0 saturated heterocycles. The van der Waals surface area contributed by atoms with E-state index in [0.29, 0.717) is 0 Å². The molecule has 0 spiro atoms. The number of amides is 1. The maximum absolute atomic E-state index is 12.7. The molecule has 0 radical (unpaired) electrons. The number of carbonyl (C=O) groups is 2. The number of carbonyl (C=O) groups excluding carboxylic acids is 1. The average Bonchev–Trinajstić information content (AvgIpc) is 2.25. The summed E-state index contributed by atoms with van der Waals surface area (Å²) in [7, 11) is 0. The maximum atomic E-state index is 12.7. The normalized spacial score (nSPS) is 11.9. The van der Waals surface area contributed by atoms with E-state index in [1.165, 1.54) is 6.07 Å². The van der Waals surface area contributed by atoms with Crippen LogP contribution in [0.3, 0.4) is 0 Å². The molecule has 0 aromatic heterocycles. The van der Waals surface area contributed by atoms with Crippen LogP contribution in [0.15, 0.2) is 18.2 Å². The van der Waals surface area contributed by atoms with Gasteiger partial charge in [-0.15, -0.1) is 0 Å². The Hall–Kier alpha value is -1.66. The van der Waals surface area contributed by atoms with Gasteiger partial charge in [0, 0.05) is 0 Å². The molecule has 3 N–H and O–H groups in total. The Bertz CT molecular complexity index is 452. The van der Waals surface area contributed by atoms with Crippen molar-refractivity contribution in [2.75, 3.05) is 6.54 Å². The standard InChI is InChI=1S/C10H9ClFNO4/c11-7-3-5(12)1-2-6(7)9(15)13-4-8(14)10(16)17/h1-3,8,14H,4H2,(H,13,15)(H,16,17). The van der Waals surface area contributed by atoms with Crippen LogP contribution >= 0.6 is 11.6 Å². The Morgan fingerprint density at radius 1 is 1.47 bits per heavy atom. The number of hydrogen-bond donors (Lipinski definition) is 3. The number of benzene rings is 1. The molecule has 7 heteroatoms. The van der Waals surface area contributed by atoms with Crippen LogP contribution in [0.5, 0.6) is 0 Å². The first-order valence-corrected chi connectivity index (χ1v) is 4.93. The van der Waals surface area contributed by atoms with E-state index in [1.807, 2.05) is 0 Å². The second-order valence-corrected chi connectivity index (χ2v) is 3.60. The lowest BCUT2D eigenvalue weighted by Gasteiger charge is -2.08. The largest absolute Gasteiger partial charge is 0.479 e. The number of aliphatic hydroxyl groups excluding tert-OH is 1. The van der Waals surface area contributed by atoms with Gasteiger partial charge in [-0.2, -0.15) is 0 Å². The summed E-state index contributed by atoms with van der Waals surface area (Å²) in [6.45, 7) is -0.456. The molecule has 0 bridgehead atoms. The van der Waals surface area contributed by atoms with E-state index in [9.17, 15) is 14.0 Å². The Kier molecular flexibility index (Phi) is 4.42. The average molecular weight is 262 g/mol. The summed E-state index contributed by atoms with van der Waals surface area (Å²) in [4.78, 5) is 21.8. The van der Waals surface area contributed by atoms with Gasteiger partial charge in [0.2, 0.25) is 0 Å². The molecule has 1 atom stereocenters. The van der Waals surface area contributed by atoms with E-state index in [-0.39, 0.29) is 10.6 Å². The van der Waals surface area contributed by atoms with Gasteiger partial charge in [0.05, 0.1) is 17.1 Å². The predicted molar refractivity (Wildman–Crippen MR) is 57.4 cm³/mol. The number of halogens is 2. The molecule has 0 fully saturated rings. The van der Waals surface area contributed by atoms with Gasteiger partial charge in [0.25, 0.3) is 5.91 Å². The predicted octanol–water partition coefficient (Wildman–Crippen LogP) is 0.654. The number of nitrogens with one attached hydrogen (secondary N) is 1. The van der Waals surface area contributed by atoms with E-state index >= 15 is 0 Å². The number of aliphatic carboxylic acids is 1. The number of aliphatic hydroxyl groups is 1. The third-order valence-corrected chi connectivity index (χ3v) is 2.23. The number of rotatable bonds is 4. The second-order valence-electron chi connectivity index (χ2n) is 3.19. The SMILES string of the molecule is O=C(NCC(O)C(=O)O)c1ccc(F)cc1Cl. The molecule has 1 rings (SSSR count). The fourth-order valence-electron chi connectivity index (χ4n) is 1.05. The Morgan fingerprint density at radius 3 is 2.65 bits per heavy atom.